The lowest BCUT2D eigenvalue weighted by Crippen LogP contribution is -1.96. The molecule has 0 N–H and O–H groups in total. The van der Waals surface area contributed by atoms with E-state index in [9.17, 15) is 8.42 Å². The predicted molar refractivity (Wildman–Crippen MR) is 89.8 cm³/mol. The van der Waals surface area contributed by atoms with Crippen LogP contribution >= 0.6 is 11.8 Å². The van der Waals surface area contributed by atoms with Crippen molar-refractivity contribution in [2.45, 2.75) is 36.3 Å². The van der Waals surface area contributed by atoms with Crippen molar-refractivity contribution < 1.29 is 8.42 Å². The lowest BCUT2D eigenvalue weighted by Gasteiger charge is -2.11. The molecule has 0 fully saturated rings. The first-order valence-electron chi connectivity index (χ1n) is 6.77. The maximum Gasteiger partial charge on any atom is 0.175 e. The van der Waals surface area contributed by atoms with E-state index >= 15 is 0 Å². The zero-order valence-corrected chi connectivity index (χ0v) is 14.4. The average Bonchev–Trinajstić information content (AvgIpc) is 2.37. The smallest absolute Gasteiger partial charge is 0.175 e. The van der Waals surface area contributed by atoms with Gasteiger partial charge in [-0.1, -0.05) is 17.7 Å². The first-order valence-corrected chi connectivity index (χ1v) is 9.65. The van der Waals surface area contributed by atoms with Crippen LogP contribution in [0.3, 0.4) is 0 Å². The summed E-state index contributed by atoms with van der Waals surface area (Å²) in [5, 5.41) is 0. The van der Waals surface area contributed by atoms with Gasteiger partial charge in [0.15, 0.2) is 9.84 Å². The Balaban J connectivity index is 2.14. The zero-order chi connectivity index (χ0) is 15.6. The molecule has 112 valence electrons. The first-order chi connectivity index (χ1) is 9.77. The molecule has 0 heterocycles. The summed E-state index contributed by atoms with van der Waals surface area (Å²) in [6.45, 7) is 6.39. The maximum atomic E-state index is 11.4. The van der Waals surface area contributed by atoms with Crippen molar-refractivity contribution >= 4 is 21.6 Å². The molecule has 0 saturated heterocycles. The molecule has 0 bridgehead atoms. The van der Waals surface area contributed by atoms with E-state index in [1.807, 2.05) is 12.1 Å². The molecule has 0 amide bonds. The topological polar surface area (TPSA) is 34.1 Å². The van der Waals surface area contributed by atoms with Crippen molar-refractivity contribution in [2.75, 3.05) is 6.26 Å². The van der Waals surface area contributed by atoms with Crippen LogP contribution in [0, 0.1) is 20.8 Å². The van der Waals surface area contributed by atoms with Crippen LogP contribution in [0.25, 0.3) is 0 Å². The van der Waals surface area contributed by atoms with Crippen LogP contribution < -0.4 is 0 Å². The highest BCUT2D eigenvalue weighted by Gasteiger charge is 2.08. The first kappa shape index (κ1) is 16.1. The van der Waals surface area contributed by atoms with Crippen LogP contribution in [-0.2, 0) is 15.6 Å². The number of sulfone groups is 1. The van der Waals surface area contributed by atoms with E-state index < -0.39 is 9.84 Å². The average molecular weight is 320 g/mol. The Morgan fingerprint density at radius 3 is 1.95 bits per heavy atom. The molecule has 0 spiro atoms. The van der Waals surface area contributed by atoms with Gasteiger partial charge < -0.3 is 0 Å². The summed E-state index contributed by atoms with van der Waals surface area (Å²) in [6, 6.07) is 11.5. The molecular formula is C17H20O2S2. The van der Waals surface area contributed by atoms with Gasteiger partial charge in [0.1, 0.15) is 0 Å². The van der Waals surface area contributed by atoms with E-state index in [0.29, 0.717) is 4.90 Å². The number of rotatable bonds is 4. The number of benzene rings is 2. The Morgan fingerprint density at radius 1 is 0.952 bits per heavy atom. The second-order valence-corrected chi connectivity index (χ2v) is 8.47. The summed E-state index contributed by atoms with van der Waals surface area (Å²) >= 11 is 1.73. The molecule has 2 rings (SSSR count). The predicted octanol–water partition coefficient (Wildman–Crippen LogP) is 4.31. The Hall–Kier alpha value is -1.26. The summed E-state index contributed by atoms with van der Waals surface area (Å²) < 4.78 is 22.9. The molecule has 0 aromatic heterocycles. The summed E-state index contributed by atoms with van der Waals surface area (Å²) in [7, 11) is -3.11. The molecular weight excluding hydrogens is 300 g/mol. The molecule has 0 atom stereocenters. The van der Waals surface area contributed by atoms with Crippen molar-refractivity contribution in [1.82, 2.24) is 0 Å². The van der Waals surface area contributed by atoms with Gasteiger partial charge >= 0.3 is 0 Å². The third kappa shape index (κ3) is 4.11. The quantitative estimate of drug-likeness (QED) is 0.787. The number of hydrogen-bond donors (Lipinski definition) is 0. The zero-order valence-electron chi connectivity index (χ0n) is 12.8. The van der Waals surface area contributed by atoms with Gasteiger partial charge in [-0.3, -0.25) is 0 Å². The van der Waals surface area contributed by atoms with E-state index in [4.69, 9.17) is 0 Å². The van der Waals surface area contributed by atoms with E-state index in [1.54, 1.807) is 23.9 Å². The number of aryl methyl sites for hydroxylation is 3. The summed E-state index contributed by atoms with van der Waals surface area (Å²) in [5.41, 5.74) is 5.27. The summed E-state index contributed by atoms with van der Waals surface area (Å²) in [5.74, 6) is 0.899. The van der Waals surface area contributed by atoms with Gasteiger partial charge in [0, 0.05) is 16.9 Å². The molecule has 0 unspecified atom stereocenters. The van der Waals surface area contributed by atoms with E-state index in [-0.39, 0.29) is 0 Å². The van der Waals surface area contributed by atoms with Crippen molar-refractivity contribution in [3.63, 3.8) is 0 Å². The summed E-state index contributed by atoms with van der Waals surface area (Å²) in [4.78, 5) is 1.45. The van der Waals surface area contributed by atoms with Crippen LogP contribution in [0.5, 0.6) is 0 Å². The molecule has 0 saturated carbocycles. The Morgan fingerprint density at radius 2 is 1.48 bits per heavy atom. The highest BCUT2D eigenvalue weighted by molar-refractivity contribution is 7.98. The minimum Gasteiger partial charge on any atom is -0.224 e. The highest BCUT2D eigenvalue weighted by Crippen LogP contribution is 2.27. The third-order valence-electron chi connectivity index (χ3n) is 3.48. The second kappa shape index (κ2) is 6.24. The lowest BCUT2D eigenvalue weighted by atomic mass is 10.0. The van der Waals surface area contributed by atoms with Gasteiger partial charge in [-0.05, 0) is 61.7 Å². The summed E-state index contributed by atoms with van der Waals surface area (Å²) in [6.07, 6.45) is 1.23. The van der Waals surface area contributed by atoms with Gasteiger partial charge in [-0.25, -0.2) is 8.42 Å². The van der Waals surface area contributed by atoms with Crippen molar-refractivity contribution in [3.8, 4) is 0 Å². The van der Waals surface area contributed by atoms with Gasteiger partial charge in [0.25, 0.3) is 0 Å². The van der Waals surface area contributed by atoms with E-state index in [1.165, 1.54) is 28.5 Å². The largest absolute Gasteiger partial charge is 0.224 e. The van der Waals surface area contributed by atoms with Gasteiger partial charge in [-0.15, -0.1) is 11.8 Å². The molecule has 2 nitrogen and oxygen atoms in total. The van der Waals surface area contributed by atoms with Crippen molar-refractivity contribution in [1.29, 1.82) is 0 Å². The van der Waals surface area contributed by atoms with Crippen molar-refractivity contribution in [3.05, 3.63) is 58.7 Å². The number of hydrogen-bond acceptors (Lipinski definition) is 3. The molecule has 0 aliphatic heterocycles. The van der Waals surface area contributed by atoms with Crippen LogP contribution in [0.2, 0.25) is 0 Å². The molecule has 2 aromatic rings. The Bertz CT molecular complexity index is 722. The monoisotopic (exact) mass is 320 g/mol. The third-order valence-corrected chi connectivity index (χ3v) is 5.64. The minimum absolute atomic E-state index is 0.370. The van der Waals surface area contributed by atoms with Crippen LogP contribution in [0.15, 0.2) is 46.2 Å². The molecule has 4 heteroatoms. The van der Waals surface area contributed by atoms with E-state index in [2.05, 4.69) is 32.9 Å². The van der Waals surface area contributed by atoms with Gasteiger partial charge in [-0.2, -0.15) is 0 Å². The fourth-order valence-electron chi connectivity index (χ4n) is 2.38. The molecule has 0 radical (unpaired) electrons. The minimum atomic E-state index is -3.11. The van der Waals surface area contributed by atoms with Crippen LogP contribution in [-0.4, -0.2) is 14.7 Å². The molecule has 2 aromatic carbocycles. The fourth-order valence-corrected chi connectivity index (χ4v) is 4.10. The fraction of sp³-hybridized carbons (Fsp3) is 0.294. The van der Waals surface area contributed by atoms with Crippen LogP contribution in [0.1, 0.15) is 22.3 Å². The molecule has 21 heavy (non-hydrogen) atoms. The number of thioether (sulfide) groups is 1. The Labute approximate surface area is 131 Å². The maximum absolute atomic E-state index is 11.4. The molecule has 0 aliphatic rings. The van der Waals surface area contributed by atoms with Gasteiger partial charge in [0.05, 0.1) is 4.90 Å². The van der Waals surface area contributed by atoms with Crippen LogP contribution in [0.4, 0.5) is 0 Å². The lowest BCUT2D eigenvalue weighted by molar-refractivity contribution is 0.602. The van der Waals surface area contributed by atoms with E-state index in [0.717, 1.165) is 10.6 Å². The molecule has 0 aliphatic carbocycles. The second-order valence-electron chi connectivity index (χ2n) is 5.41. The standard InChI is InChI=1S/C17H20O2S2/c1-12-9-13(2)17(14(3)10-12)11-20-15-5-7-16(8-6-15)21(4,18)19/h5-10H,11H2,1-4H3. The highest BCUT2D eigenvalue weighted by atomic mass is 32.2. The normalized spacial score (nSPS) is 11.6. The van der Waals surface area contributed by atoms with Gasteiger partial charge in [0.2, 0.25) is 0 Å². The van der Waals surface area contributed by atoms with Crippen molar-refractivity contribution in [2.24, 2.45) is 0 Å². The SMILES string of the molecule is Cc1cc(C)c(CSc2ccc(S(C)(=O)=O)cc2)c(C)c1. The Kier molecular flexibility index (Phi) is 4.79.